The van der Waals surface area contributed by atoms with Crippen LogP contribution in [0.15, 0.2) is 68.9 Å². The molecule has 0 bridgehead atoms. The Morgan fingerprint density at radius 2 is 1.61 bits per heavy atom. The predicted molar refractivity (Wildman–Crippen MR) is 112 cm³/mol. The molecule has 0 radical (unpaired) electrons. The first-order valence-electron chi connectivity index (χ1n) is 9.14. The second kappa shape index (κ2) is 8.48. The maximum atomic E-state index is 11.0. The van der Waals surface area contributed by atoms with E-state index in [2.05, 4.69) is 37.8 Å². The van der Waals surface area contributed by atoms with Crippen LogP contribution < -0.4 is 4.90 Å². The normalized spacial score (nSPS) is 11.2. The molecule has 3 rings (SSSR count). The third-order valence-electron chi connectivity index (χ3n) is 4.29. The van der Waals surface area contributed by atoms with Crippen molar-refractivity contribution >= 4 is 23.3 Å². The van der Waals surface area contributed by atoms with Crippen molar-refractivity contribution in [3.05, 3.63) is 64.7 Å². The summed E-state index contributed by atoms with van der Waals surface area (Å²) < 4.78 is 5.81. The van der Waals surface area contributed by atoms with Crippen LogP contribution in [0.4, 0.5) is 11.6 Å². The number of nitrogens with zero attached hydrogens (tertiary/aromatic N) is 3. The molecule has 0 aliphatic carbocycles. The standard InChI is InChI=1S/C21H23N3O3S/c1-14(2)23(15(3)4)21-20(28-18-8-6-5-7-9-18)19(22-27-21)16-10-12-17(13-11-16)24(25)26/h5-15H,1-4H3. The van der Waals surface area contributed by atoms with Gasteiger partial charge in [-0.25, -0.2) is 0 Å². The summed E-state index contributed by atoms with van der Waals surface area (Å²) >= 11 is 1.58. The number of benzene rings is 2. The summed E-state index contributed by atoms with van der Waals surface area (Å²) in [7, 11) is 0. The molecular formula is C21H23N3O3S. The summed E-state index contributed by atoms with van der Waals surface area (Å²) in [5.41, 5.74) is 1.52. The smallest absolute Gasteiger partial charge is 0.269 e. The monoisotopic (exact) mass is 397 g/mol. The van der Waals surface area contributed by atoms with Crippen LogP contribution in [0.3, 0.4) is 0 Å². The maximum Gasteiger partial charge on any atom is 0.269 e. The van der Waals surface area contributed by atoms with Crippen LogP contribution in [0.25, 0.3) is 11.3 Å². The predicted octanol–water partition coefficient (Wildman–Crippen LogP) is 6.02. The van der Waals surface area contributed by atoms with Crippen LogP contribution >= 0.6 is 11.8 Å². The van der Waals surface area contributed by atoms with E-state index in [1.165, 1.54) is 12.1 Å². The minimum absolute atomic E-state index is 0.0516. The quantitative estimate of drug-likeness (QED) is 0.358. The van der Waals surface area contributed by atoms with Gasteiger partial charge in [0.05, 0.1) is 4.92 Å². The van der Waals surface area contributed by atoms with Crippen LogP contribution in [0.1, 0.15) is 27.7 Å². The first-order valence-corrected chi connectivity index (χ1v) is 9.96. The van der Waals surface area contributed by atoms with E-state index in [0.29, 0.717) is 11.6 Å². The Morgan fingerprint density at radius 3 is 2.14 bits per heavy atom. The molecule has 0 aliphatic rings. The number of hydrogen-bond donors (Lipinski definition) is 0. The molecule has 0 aliphatic heterocycles. The fraction of sp³-hybridized carbons (Fsp3) is 0.286. The van der Waals surface area contributed by atoms with Crippen molar-refractivity contribution in [2.75, 3.05) is 4.90 Å². The average molecular weight is 398 g/mol. The first kappa shape index (κ1) is 19.9. The highest BCUT2D eigenvalue weighted by Crippen LogP contribution is 2.43. The molecule has 0 amide bonds. The zero-order chi connectivity index (χ0) is 20.3. The van der Waals surface area contributed by atoms with Crippen molar-refractivity contribution < 1.29 is 9.45 Å². The van der Waals surface area contributed by atoms with E-state index in [9.17, 15) is 10.1 Å². The Hall–Kier alpha value is -2.80. The third-order valence-corrected chi connectivity index (χ3v) is 5.37. The van der Waals surface area contributed by atoms with E-state index in [-0.39, 0.29) is 17.8 Å². The number of nitro benzene ring substituents is 1. The largest absolute Gasteiger partial charge is 0.337 e. The van der Waals surface area contributed by atoms with Crippen molar-refractivity contribution in [2.45, 2.75) is 49.6 Å². The van der Waals surface area contributed by atoms with Gasteiger partial charge in [-0.15, -0.1) is 0 Å². The average Bonchev–Trinajstić information content (AvgIpc) is 3.05. The topological polar surface area (TPSA) is 72.4 Å². The van der Waals surface area contributed by atoms with E-state index < -0.39 is 4.92 Å². The molecule has 0 saturated carbocycles. The highest BCUT2D eigenvalue weighted by atomic mass is 32.2. The molecule has 2 aromatic carbocycles. The fourth-order valence-electron chi connectivity index (χ4n) is 3.13. The Morgan fingerprint density at radius 1 is 1.00 bits per heavy atom. The molecule has 0 saturated heterocycles. The first-order chi connectivity index (χ1) is 13.4. The van der Waals surface area contributed by atoms with Crippen LogP contribution in [-0.2, 0) is 0 Å². The second-order valence-corrected chi connectivity index (χ2v) is 8.06. The van der Waals surface area contributed by atoms with Gasteiger partial charge >= 0.3 is 0 Å². The van der Waals surface area contributed by atoms with Crippen molar-refractivity contribution in [3.63, 3.8) is 0 Å². The molecule has 3 aromatic rings. The van der Waals surface area contributed by atoms with E-state index in [4.69, 9.17) is 4.52 Å². The molecule has 1 heterocycles. The van der Waals surface area contributed by atoms with Crippen LogP contribution in [0.5, 0.6) is 0 Å². The number of nitro groups is 1. The van der Waals surface area contributed by atoms with E-state index in [1.54, 1.807) is 23.9 Å². The summed E-state index contributed by atoms with van der Waals surface area (Å²) in [5, 5.41) is 15.3. The minimum atomic E-state index is -0.406. The molecule has 28 heavy (non-hydrogen) atoms. The van der Waals surface area contributed by atoms with Crippen molar-refractivity contribution in [1.82, 2.24) is 5.16 Å². The van der Waals surface area contributed by atoms with Crippen LogP contribution in [-0.4, -0.2) is 22.2 Å². The number of non-ortho nitro benzene ring substituents is 1. The zero-order valence-corrected chi connectivity index (χ0v) is 17.1. The third kappa shape index (κ3) is 4.20. The zero-order valence-electron chi connectivity index (χ0n) is 16.3. The number of rotatable bonds is 7. The molecule has 6 nitrogen and oxygen atoms in total. The van der Waals surface area contributed by atoms with Crippen molar-refractivity contribution in [3.8, 4) is 11.3 Å². The van der Waals surface area contributed by atoms with Gasteiger partial charge in [0, 0.05) is 34.7 Å². The van der Waals surface area contributed by atoms with Gasteiger partial charge in [-0.05, 0) is 52.0 Å². The van der Waals surface area contributed by atoms with Gasteiger partial charge in [0.1, 0.15) is 10.6 Å². The lowest BCUT2D eigenvalue weighted by Crippen LogP contribution is -2.37. The van der Waals surface area contributed by atoms with Crippen molar-refractivity contribution in [1.29, 1.82) is 0 Å². The lowest BCUT2D eigenvalue weighted by molar-refractivity contribution is -0.384. The minimum Gasteiger partial charge on any atom is -0.337 e. The van der Waals surface area contributed by atoms with Gasteiger partial charge in [-0.1, -0.05) is 35.1 Å². The van der Waals surface area contributed by atoms with Crippen LogP contribution in [0, 0.1) is 10.1 Å². The Balaban J connectivity index is 2.10. The summed E-state index contributed by atoms with van der Waals surface area (Å²) in [6, 6.07) is 16.9. The van der Waals surface area contributed by atoms with Gasteiger partial charge in [-0.3, -0.25) is 10.1 Å². The molecule has 0 atom stereocenters. The molecule has 0 unspecified atom stereocenters. The number of anilines is 1. The molecule has 0 fully saturated rings. The molecule has 0 spiro atoms. The second-order valence-electron chi connectivity index (χ2n) is 6.98. The highest BCUT2D eigenvalue weighted by Gasteiger charge is 2.27. The lowest BCUT2D eigenvalue weighted by Gasteiger charge is -2.30. The Bertz CT molecular complexity index is 929. The Labute approximate surface area is 168 Å². The van der Waals surface area contributed by atoms with Gasteiger partial charge < -0.3 is 9.42 Å². The number of aromatic nitrogens is 1. The van der Waals surface area contributed by atoms with Gasteiger partial charge in [-0.2, -0.15) is 0 Å². The summed E-state index contributed by atoms with van der Waals surface area (Å²) in [6.45, 7) is 8.46. The summed E-state index contributed by atoms with van der Waals surface area (Å²) in [6.07, 6.45) is 0. The summed E-state index contributed by atoms with van der Waals surface area (Å²) in [5.74, 6) is 0.715. The Kier molecular flexibility index (Phi) is 6.04. The van der Waals surface area contributed by atoms with E-state index in [0.717, 1.165) is 15.4 Å². The van der Waals surface area contributed by atoms with E-state index >= 15 is 0 Å². The molecular weight excluding hydrogens is 374 g/mol. The summed E-state index contributed by atoms with van der Waals surface area (Å²) in [4.78, 5) is 14.7. The highest BCUT2D eigenvalue weighted by molar-refractivity contribution is 7.99. The molecule has 0 N–H and O–H groups in total. The van der Waals surface area contributed by atoms with Crippen LogP contribution in [0.2, 0.25) is 0 Å². The molecule has 7 heteroatoms. The van der Waals surface area contributed by atoms with E-state index in [1.807, 2.05) is 30.3 Å². The maximum absolute atomic E-state index is 11.0. The molecule has 1 aromatic heterocycles. The SMILES string of the molecule is CC(C)N(c1onc(-c2ccc([N+](=O)[O-])cc2)c1Sc1ccccc1)C(C)C. The van der Waals surface area contributed by atoms with Gasteiger partial charge in [0.2, 0.25) is 5.88 Å². The lowest BCUT2D eigenvalue weighted by atomic mass is 10.1. The molecule has 146 valence electrons. The van der Waals surface area contributed by atoms with Gasteiger partial charge in [0.25, 0.3) is 5.69 Å². The number of hydrogen-bond acceptors (Lipinski definition) is 6. The van der Waals surface area contributed by atoms with Gasteiger partial charge in [0.15, 0.2) is 0 Å². The van der Waals surface area contributed by atoms with Crippen molar-refractivity contribution in [2.24, 2.45) is 0 Å². The fourth-order valence-corrected chi connectivity index (χ4v) is 4.14.